The van der Waals surface area contributed by atoms with Gasteiger partial charge in [0.25, 0.3) is 5.91 Å². The standard InChI is InChI=1S/C21H21F3N4O2/c1-12-25-4-2-18(26-12)19(29)27-16-7-15(24)10-21(11-16)3-5-28(20(21)30)17-8-13(22)6-14(23)9-17/h2,4,6,8-9,15-16H,3,5,7,10-11H2,1H3,(H,27,29)/t15-,16-,21?/m0/s1. The lowest BCUT2D eigenvalue weighted by atomic mass is 9.70. The van der Waals surface area contributed by atoms with Crippen LogP contribution in [0.2, 0.25) is 0 Å². The van der Waals surface area contributed by atoms with Gasteiger partial charge in [0.15, 0.2) is 0 Å². The molecule has 2 fully saturated rings. The van der Waals surface area contributed by atoms with E-state index in [0.717, 1.165) is 18.2 Å². The van der Waals surface area contributed by atoms with Crippen LogP contribution < -0.4 is 10.2 Å². The number of anilines is 1. The number of amides is 2. The molecule has 1 aliphatic carbocycles. The molecule has 2 aromatic rings. The summed E-state index contributed by atoms with van der Waals surface area (Å²) in [5, 5.41) is 2.78. The number of carbonyl (C=O) groups excluding carboxylic acids is 2. The zero-order chi connectivity index (χ0) is 21.5. The number of aromatic nitrogens is 2. The number of nitrogens with one attached hydrogen (secondary N) is 1. The molecule has 1 aliphatic heterocycles. The number of hydrogen-bond acceptors (Lipinski definition) is 4. The Morgan fingerprint density at radius 1 is 1.23 bits per heavy atom. The van der Waals surface area contributed by atoms with Crippen LogP contribution in [0.4, 0.5) is 18.9 Å². The third-order valence-corrected chi connectivity index (χ3v) is 5.81. The highest BCUT2D eigenvalue weighted by molar-refractivity contribution is 6.00. The molecule has 158 valence electrons. The molecule has 1 unspecified atom stereocenters. The third-order valence-electron chi connectivity index (χ3n) is 5.81. The summed E-state index contributed by atoms with van der Waals surface area (Å²) in [5.41, 5.74) is -0.723. The fourth-order valence-corrected chi connectivity index (χ4v) is 4.55. The second-order valence-electron chi connectivity index (χ2n) is 8.02. The fraction of sp³-hybridized carbons (Fsp3) is 0.429. The van der Waals surface area contributed by atoms with E-state index in [1.165, 1.54) is 17.2 Å². The summed E-state index contributed by atoms with van der Waals surface area (Å²) in [6, 6.07) is 3.83. The zero-order valence-electron chi connectivity index (χ0n) is 16.4. The summed E-state index contributed by atoms with van der Waals surface area (Å²) in [6.07, 6.45) is 0.927. The van der Waals surface area contributed by atoms with Crippen LogP contribution in [0, 0.1) is 24.0 Å². The van der Waals surface area contributed by atoms with Crippen LogP contribution in [-0.2, 0) is 4.79 Å². The van der Waals surface area contributed by atoms with E-state index in [2.05, 4.69) is 15.3 Å². The van der Waals surface area contributed by atoms with Gasteiger partial charge in [0.1, 0.15) is 29.3 Å². The van der Waals surface area contributed by atoms with E-state index in [1.807, 2.05) is 0 Å². The van der Waals surface area contributed by atoms with Gasteiger partial charge in [-0.2, -0.15) is 0 Å². The average Bonchev–Trinajstić information content (AvgIpc) is 2.96. The predicted molar refractivity (Wildman–Crippen MR) is 103 cm³/mol. The van der Waals surface area contributed by atoms with Crippen molar-refractivity contribution in [1.29, 1.82) is 0 Å². The molecule has 6 nitrogen and oxygen atoms in total. The van der Waals surface area contributed by atoms with Gasteiger partial charge in [-0.25, -0.2) is 23.1 Å². The molecule has 0 bridgehead atoms. The molecule has 1 spiro atoms. The SMILES string of the molecule is Cc1nccc(C(=O)N[C@H]2C[C@H](F)CC3(CCN(c4cc(F)cc(F)c4)C3=O)C2)n1. The van der Waals surface area contributed by atoms with Crippen molar-refractivity contribution in [3.63, 3.8) is 0 Å². The van der Waals surface area contributed by atoms with E-state index in [9.17, 15) is 22.8 Å². The molecular formula is C21H21F3N4O2. The number of benzene rings is 1. The monoisotopic (exact) mass is 418 g/mol. The van der Waals surface area contributed by atoms with Crippen LogP contribution in [0.3, 0.4) is 0 Å². The van der Waals surface area contributed by atoms with Gasteiger partial charge in [0.2, 0.25) is 5.91 Å². The molecule has 2 amide bonds. The largest absolute Gasteiger partial charge is 0.348 e. The highest BCUT2D eigenvalue weighted by Crippen LogP contribution is 2.47. The first-order valence-corrected chi connectivity index (χ1v) is 9.78. The van der Waals surface area contributed by atoms with Gasteiger partial charge in [-0.3, -0.25) is 9.59 Å². The minimum absolute atomic E-state index is 0.0269. The van der Waals surface area contributed by atoms with Gasteiger partial charge in [0.05, 0.1) is 5.41 Å². The van der Waals surface area contributed by atoms with Gasteiger partial charge >= 0.3 is 0 Å². The quantitative estimate of drug-likeness (QED) is 0.831. The fourth-order valence-electron chi connectivity index (χ4n) is 4.55. The number of carbonyl (C=O) groups is 2. The Kier molecular flexibility index (Phi) is 5.21. The summed E-state index contributed by atoms with van der Waals surface area (Å²) >= 11 is 0. The third kappa shape index (κ3) is 3.88. The van der Waals surface area contributed by atoms with Gasteiger partial charge in [-0.15, -0.1) is 0 Å². The first-order valence-electron chi connectivity index (χ1n) is 9.78. The Morgan fingerprint density at radius 2 is 1.97 bits per heavy atom. The number of alkyl halides is 1. The predicted octanol–water partition coefficient (Wildman–Crippen LogP) is 3.11. The lowest BCUT2D eigenvalue weighted by Gasteiger charge is -2.38. The highest BCUT2D eigenvalue weighted by Gasteiger charge is 2.52. The second kappa shape index (κ2) is 7.70. The Hall–Kier alpha value is -2.97. The Morgan fingerprint density at radius 3 is 2.67 bits per heavy atom. The maximum Gasteiger partial charge on any atom is 0.270 e. The first-order chi connectivity index (χ1) is 14.3. The first kappa shape index (κ1) is 20.3. The van der Waals surface area contributed by atoms with Gasteiger partial charge in [-0.05, 0) is 50.8 Å². The van der Waals surface area contributed by atoms with Crippen molar-refractivity contribution in [3.05, 3.63) is 53.6 Å². The van der Waals surface area contributed by atoms with Crippen molar-refractivity contribution < 1.29 is 22.8 Å². The minimum atomic E-state index is -1.27. The number of halogens is 3. The molecule has 4 rings (SSSR count). The van der Waals surface area contributed by atoms with Crippen molar-refractivity contribution >= 4 is 17.5 Å². The van der Waals surface area contributed by atoms with Crippen molar-refractivity contribution in [2.24, 2.45) is 5.41 Å². The average molecular weight is 418 g/mol. The Labute approximate surface area is 171 Å². The van der Waals surface area contributed by atoms with Crippen molar-refractivity contribution in [2.75, 3.05) is 11.4 Å². The maximum atomic E-state index is 14.6. The van der Waals surface area contributed by atoms with Crippen molar-refractivity contribution in [2.45, 2.75) is 44.8 Å². The second-order valence-corrected chi connectivity index (χ2v) is 8.02. The molecule has 2 aliphatic rings. The van der Waals surface area contributed by atoms with Crippen LogP contribution in [0.15, 0.2) is 30.5 Å². The van der Waals surface area contributed by atoms with Crippen LogP contribution in [0.1, 0.15) is 42.0 Å². The van der Waals surface area contributed by atoms with Crippen LogP contribution >= 0.6 is 0 Å². The molecule has 1 N–H and O–H groups in total. The molecule has 1 saturated heterocycles. The molecule has 30 heavy (non-hydrogen) atoms. The van der Waals surface area contributed by atoms with Crippen LogP contribution in [0.25, 0.3) is 0 Å². The lowest BCUT2D eigenvalue weighted by molar-refractivity contribution is -0.128. The molecule has 0 radical (unpaired) electrons. The van der Waals surface area contributed by atoms with Crippen molar-refractivity contribution in [3.8, 4) is 0 Å². The number of hydrogen-bond donors (Lipinski definition) is 1. The van der Waals surface area contributed by atoms with Crippen LogP contribution in [-0.4, -0.2) is 40.5 Å². The lowest BCUT2D eigenvalue weighted by Crippen LogP contribution is -2.49. The summed E-state index contributed by atoms with van der Waals surface area (Å²) < 4.78 is 41.8. The molecule has 1 saturated carbocycles. The van der Waals surface area contributed by atoms with E-state index >= 15 is 0 Å². The van der Waals surface area contributed by atoms with Gasteiger partial charge in [0, 0.05) is 30.5 Å². The topological polar surface area (TPSA) is 75.2 Å². The molecule has 1 aromatic carbocycles. The summed E-state index contributed by atoms with van der Waals surface area (Å²) in [7, 11) is 0. The molecular weight excluding hydrogens is 397 g/mol. The van der Waals surface area contributed by atoms with E-state index in [-0.39, 0.29) is 43.1 Å². The van der Waals surface area contributed by atoms with E-state index in [4.69, 9.17) is 0 Å². The summed E-state index contributed by atoms with van der Waals surface area (Å²) in [4.78, 5) is 35.0. The summed E-state index contributed by atoms with van der Waals surface area (Å²) in [6.45, 7) is 1.89. The Balaban J connectivity index is 1.52. The molecule has 3 atom stereocenters. The van der Waals surface area contributed by atoms with E-state index < -0.39 is 35.2 Å². The molecule has 2 heterocycles. The molecule has 1 aromatic heterocycles. The van der Waals surface area contributed by atoms with E-state index in [0.29, 0.717) is 12.2 Å². The number of nitrogens with zero attached hydrogens (tertiary/aromatic N) is 3. The normalized spacial score (nSPS) is 26.3. The van der Waals surface area contributed by atoms with Crippen molar-refractivity contribution in [1.82, 2.24) is 15.3 Å². The van der Waals surface area contributed by atoms with Crippen LogP contribution in [0.5, 0.6) is 0 Å². The van der Waals surface area contributed by atoms with Gasteiger partial charge < -0.3 is 10.2 Å². The zero-order valence-corrected chi connectivity index (χ0v) is 16.4. The highest BCUT2D eigenvalue weighted by atomic mass is 19.1. The van der Waals surface area contributed by atoms with Gasteiger partial charge in [-0.1, -0.05) is 0 Å². The summed E-state index contributed by atoms with van der Waals surface area (Å²) in [5.74, 6) is -1.95. The smallest absolute Gasteiger partial charge is 0.270 e. The Bertz CT molecular complexity index is 982. The number of aryl methyl sites for hydroxylation is 1. The molecule has 9 heteroatoms. The maximum absolute atomic E-state index is 14.6. The number of rotatable bonds is 3. The van der Waals surface area contributed by atoms with E-state index in [1.54, 1.807) is 6.92 Å². The minimum Gasteiger partial charge on any atom is -0.348 e.